The number of carbonyl (C=O) groups is 1. The molecule has 0 aliphatic rings. The van der Waals surface area contributed by atoms with Crippen LogP contribution in [0.15, 0.2) is 0 Å². The Balaban J connectivity index is 0. The topological polar surface area (TPSA) is 26.3 Å². The molecule has 0 heterocycles. The van der Waals surface area contributed by atoms with Gasteiger partial charge in [0.05, 0.1) is 0 Å². The van der Waals surface area contributed by atoms with Crippen LogP contribution in [-0.4, -0.2) is 13.1 Å². The number of methoxy groups -OCH3 is 1. The van der Waals surface area contributed by atoms with Gasteiger partial charge in [0.1, 0.15) is 0 Å². The van der Waals surface area contributed by atoms with Gasteiger partial charge in [0.2, 0.25) is 0 Å². The van der Waals surface area contributed by atoms with Crippen LogP contribution in [0.2, 0.25) is 5.02 Å². The van der Waals surface area contributed by atoms with Gasteiger partial charge in [0, 0.05) is 0 Å². The predicted molar refractivity (Wildman–Crippen MR) is 36.3 cm³/mol. The molecule has 0 aliphatic carbocycles. The van der Waals surface area contributed by atoms with Crippen LogP contribution in [0, 0.1) is 5.92 Å². The molecule has 0 aromatic heterocycles. The van der Waals surface area contributed by atoms with Crippen molar-refractivity contribution in [2.75, 3.05) is 7.11 Å². The van der Waals surface area contributed by atoms with Crippen LogP contribution >= 0.6 is 17.0 Å². The van der Waals surface area contributed by atoms with Gasteiger partial charge in [0.25, 0.3) is 0 Å². The number of carbonyl (C=O) groups excluding carboxylic acids is 1. The van der Waals surface area contributed by atoms with E-state index >= 15 is 0 Å². The van der Waals surface area contributed by atoms with E-state index in [-0.39, 0.29) is 28.9 Å². The molecule has 1 atom stereocenters. The van der Waals surface area contributed by atoms with E-state index in [9.17, 15) is 4.79 Å². The van der Waals surface area contributed by atoms with Crippen molar-refractivity contribution in [1.29, 1.82) is 0 Å². The van der Waals surface area contributed by atoms with Crippen molar-refractivity contribution >= 4 is 23.0 Å². The summed E-state index contributed by atoms with van der Waals surface area (Å²) in [6.45, 7) is 1.88. The Labute approximate surface area is 75.8 Å². The summed E-state index contributed by atoms with van der Waals surface area (Å²) >= 11 is 1.16. The van der Waals surface area contributed by atoms with Crippen LogP contribution in [0.25, 0.3) is 0 Å². The zero-order chi connectivity index (χ0) is 6.57. The van der Waals surface area contributed by atoms with Gasteiger partial charge in [-0.25, -0.2) is 0 Å². The van der Waals surface area contributed by atoms with E-state index in [1.54, 1.807) is 0 Å². The SMILES string of the molecule is Br.COC(=O)C(C)[CH2][Zn]. The molecule has 0 spiro atoms. The first-order valence-electron chi connectivity index (χ1n) is 2.59. The average Bonchev–Trinajstić information content (AvgIpc) is 1.84. The number of hydrogen-bond donors (Lipinski definition) is 0. The number of rotatable bonds is 2. The van der Waals surface area contributed by atoms with E-state index < -0.39 is 0 Å². The third kappa shape index (κ3) is 5.04. The monoisotopic (exact) mass is 245 g/mol. The molecule has 0 radical (unpaired) electrons. The first-order valence-corrected chi connectivity index (χ1v) is 4.69. The molecule has 0 rings (SSSR count). The van der Waals surface area contributed by atoms with E-state index in [0.717, 1.165) is 23.3 Å². The molecule has 0 N–H and O–H groups in total. The van der Waals surface area contributed by atoms with Crippen LogP contribution < -0.4 is 0 Å². The van der Waals surface area contributed by atoms with Crippen LogP contribution in [-0.2, 0) is 27.8 Å². The summed E-state index contributed by atoms with van der Waals surface area (Å²) in [7, 11) is 1.43. The summed E-state index contributed by atoms with van der Waals surface area (Å²) in [5.41, 5.74) is 0. The fraction of sp³-hybridized carbons (Fsp3) is 0.800. The molecular weight excluding hydrogens is 237 g/mol. The second-order valence-corrected chi connectivity index (χ2v) is 2.92. The molecule has 0 aromatic carbocycles. The zero-order valence-corrected chi connectivity index (χ0v) is 10.4. The summed E-state index contributed by atoms with van der Waals surface area (Å²) in [6.07, 6.45) is 0. The molecule has 0 saturated heterocycles. The van der Waals surface area contributed by atoms with Crippen LogP contribution in [0.5, 0.6) is 0 Å². The van der Waals surface area contributed by atoms with Crippen molar-refractivity contribution < 1.29 is 27.8 Å². The van der Waals surface area contributed by atoms with E-state index in [1.807, 2.05) is 6.92 Å². The quantitative estimate of drug-likeness (QED) is 0.544. The summed E-state index contributed by atoms with van der Waals surface area (Å²) in [6, 6.07) is 0. The Bertz CT molecular complexity index is 87.0. The summed E-state index contributed by atoms with van der Waals surface area (Å²) in [4.78, 5) is 10.5. The number of ether oxygens (including phenoxy) is 1. The van der Waals surface area contributed by atoms with Gasteiger partial charge in [-0.15, -0.1) is 17.0 Å². The van der Waals surface area contributed by atoms with E-state index in [1.165, 1.54) is 7.11 Å². The van der Waals surface area contributed by atoms with Gasteiger partial charge in [0.15, 0.2) is 0 Å². The summed E-state index contributed by atoms with van der Waals surface area (Å²) in [5.74, 6) is 0.0243. The minimum absolute atomic E-state index is 0. The molecule has 0 saturated carbocycles. The molecule has 1 unspecified atom stereocenters. The molecule has 0 aromatic rings. The Morgan fingerprint density at radius 2 is 2.22 bits per heavy atom. The van der Waals surface area contributed by atoms with Gasteiger partial charge in [-0.05, 0) is 0 Å². The maximum absolute atomic E-state index is 10.5. The van der Waals surface area contributed by atoms with Gasteiger partial charge >= 0.3 is 58.8 Å². The fourth-order valence-corrected chi connectivity index (χ4v) is 0.814. The van der Waals surface area contributed by atoms with E-state index in [4.69, 9.17) is 0 Å². The van der Waals surface area contributed by atoms with E-state index in [0.29, 0.717) is 0 Å². The van der Waals surface area contributed by atoms with Crippen molar-refractivity contribution in [2.45, 2.75) is 11.9 Å². The molecule has 0 aliphatic heterocycles. The van der Waals surface area contributed by atoms with Crippen molar-refractivity contribution in [3.63, 3.8) is 0 Å². The number of halogens is 1. The van der Waals surface area contributed by atoms with Gasteiger partial charge in [-0.2, -0.15) is 0 Å². The Morgan fingerprint density at radius 3 is 2.33 bits per heavy atom. The van der Waals surface area contributed by atoms with Gasteiger partial charge in [-0.1, -0.05) is 0 Å². The van der Waals surface area contributed by atoms with Crippen molar-refractivity contribution in [1.82, 2.24) is 0 Å². The maximum atomic E-state index is 10.5. The normalized spacial score (nSPS) is 11.6. The van der Waals surface area contributed by atoms with Crippen LogP contribution in [0.1, 0.15) is 6.92 Å². The number of esters is 1. The van der Waals surface area contributed by atoms with Crippen LogP contribution in [0.3, 0.4) is 0 Å². The summed E-state index contributed by atoms with van der Waals surface area (Å²) < 4.78 is 4.48. The minimum atomic E-state index is -0.0868. The molecule has 4 heteroatoms. The standard InChI is InChI=1S/C5H9O2.BrH.Zn/c1-4(2)5(6)7-3;;/h4H,1H2,2-3H3;1H;. The van der Waals surface area contributed by atoms with Gasteiger partial charge in [-0.3, -0.25) is 0 Å². The van der Waals surface area contributed by atoms with Crippen molar-refractivity contribution in [2.24, 2.45) is 5.92 Å². The van der Waals surface area contributed by atoms with E-state index in [2.05, 4.69) is 4.74 Å². The molecule has 2 nitrogen and oxygen atoms in total. The second kappa shape index (κ2) is 6.69. The zero-order valence-electron chi connectivity index (χ0n) is 5.72. The molecule has 51 valence electrons. The number of hydrogen-bond acceptors (Lipinski definition) is 2. The third-order valence-corrected chi connectivity index (χ3v) is 2.85. The van der Waals surface area contributed by atoms with Gasteiger partial charge < -0.3 is 0 Å². The van der Waals surface area contributed by atoms with Crippen molar-refractivity contribution in [3.8, 4) is 0 Å². The first-order chi connectivity index (χ1) is 3.72. The van der Waals surface area contributed by atoms with Crippen LogP contribution in [0.4, 0.5) is 0 Å². The molecule has 9 heavy (non-hydrogen) atoms. The predicted octanol–water partition coefficient (Wildman–Crippen LogP) is 1.34. The third-order valence-electron chi connectivity index (χ3n) is 1.04. The van der Waals surface area contributed by atoms with Crippen molar-refractivity contribution in [3.05, 3.63) is 0 Å². The molecular formula is C5H10BrO2Zn. The second-order valence-electron chi connectivity index (χ2n) is 1.71. The Kier molecular flexibility index (Phi) is 9.12. The molecule has 0 fully saturated rings. The fourth-order valence-electron chi connectivity index (χ4n) is 0.319. The summed E-state index contributed by atoms with van der Waals surface area (Å²) in [5, 5.41) is 0.979. The molecule has 0 bridgehead atoms. The molecule has 0 amide bonds. The Hall–Kier alpha value is 0.573. The average molecular weight is 247 g/mol. The first kappa shape index (κ1) is 12.3. The Morgan fingerprint density at radius 1 is 1.78 bits per heavy atom.